The third kappa shape index (κ3) is 8.90. The third-order valence-corrected chi connectivity index (χ3v) is 14.8. The van der Waals surface area contributed by atoms with Gasteiger partial charge in [-0.1, -0.05) is 18.2 Å². The number of aromatic hydroxyl groups is 4. The number of phenols is 4. The Morgan fingerprint density at radius 1 is 0.459 bits per heavy atom. The van der Waals surface area contributed by atoms with Crippen molar-refractivity contribution in [3.63, 3.8) is 0 Å². The lowest BCUT2D eigenvalue weighted by Gasteiger charge is -2.44. The molecule has 0 spiro atoms. The molecule has 2 radical (unpaired) electrons. The molecular formula is C51H53BO18P4. The fraction of sp³-hybridized carbons (Fsp3) is 0.294. The Bertz CT molecular complexity index is 3110. The van der Waals surface area contributed by atoms with E-state index in [0.29, 0.717) is 50.8 Å². The molecule has 3 heterocycles. The molecule has 5 N–H and O–H groups in total. The van der Waals surface area contributed by atoms with E-state index in [4.69, 9.17) is 68.6 Å². The smallest absolute Gasteiger partial charge is 0.165 e. The molecule has 0 saturated heterocycles. The largest absolute Gasteiger partial charge is 0.507 e. The summed E-state index contributed by atoms with van der Waals surface area (Å²) in [7, 11) is 24.6. The summed E-state index contributed by atoms with van der Waals surface area (Å²) in [6.07, 6.45) is -6.34. The average molecular weight is 1090 g/mol. The highest BCUT2D eigenvalue weighted by Gasteiger charge is 2.52. The topological polar surface area (TPSA) is 221 Å². The van der Waals surface area contributed by atoms with Gasteiger partial charge in [-0.25, -0.2) is 0 Å². The highest BCUT2D eigenvalue weighted by molar-refractivity contribution is 7.11. The first-order valence-corrected chi connectivity index (χ1v) is 24.5. The first-order chi connectivity index (χ1) is 35.7. The molecule has 388 valence electrons. The minimum absolute atomic E-state index is 0.0168. The van der Waals surface area contributed by atoms with Crippen molar-refractivity contribution in [2.75, 3.05) is 42.7 Å². The summed E-state index contributed by atoms with van der Waals surface area (Å²) < 4.78 is 79.5. The second kappa shape index (κ2) is 21.7. The summed E-state index contributed by atoms with van der Waals surface area (Å²) in [6.45, 7) is 0. The Labute approximate surface area is 436 Å². The zero-order valence-electron chi connectivity index (χ0n) is 40.7. The zero-order chi connectivity index (χ0) is 52.9. The van der Waals surface area contributed by atoms with Crippen LogP contribution in [0.5, 0.6) is 86.2 Å². The van der Waals surface area contributed by atoms with E-state index < -0.39 is 71.5 Å². The lowest BCUT2D eigenvalue weighted by atomic mass is 9.72. The highest BCUT2D eigenvalue weighted by atomic mass is 31.0. The van der Waals surface area contributed by atoms with Crippen LogP contribution in [0, 0.1) is 0 Å². The van der Waals surface area contributed by atoms with Gasteiger partial charge in [0.1, 0.15) is 77.9 Å². The van der Waals surface area contributed by atoms with Crippen molar-refractivity contribution >= 4 is 51.2 Å². The van der Waals surface area contributed by atoms with Gasteiger partial charge in [0.2, 0.25) is 0 Å². The minimum atomic E-state index is -1.61. The molecule has 23 heteroatoms. The van der Waals surface area contributed by atoms with Crippen LogP contribution in [0.2, 0.25) is 0 Å². The SMILES string of the molecule is [B]c1c(OP)cc(OP)c2c1OC(c1ccc(OP)c(OP)c1)C(O)C2c1c(O)cc(O)c2c1OC(c1ccc(O)c(O)c1)C(OC)C2c1c(OC)cc(OC)c2c1OC(c1ccc(OC)c(OC)c1)C(OC)C2. The van der Waals surface area contributed by atoms with Crippen molar-refractivity contribution in [3.05, 3.63) is 117 Å². The van der Waals surface area contributed by atoms with Crippen molar-refractivity contribution in [3.8, 4) is 86.2 Å². The summed E-state index contributed by atoms with van der Waals surface area (Å²) >= 11 is 0. The van der Waals surface area contributed by atoms with Crippen molar-refractivity contribution in [2.24, 2.45) is 0 Å². The lowest BCUT2D eigenvalue weighted by Crippen LogP contribution is -2.40. The van der Waals surface area contributed by atoms with Crippen LogP contribution in [0.15, 0.2) is 72.8 Å². The molecule has 0 aliphatic carbocycles. The fourth-order valence-electron chi connectivity index (χ4n) is 10.4. The van der Waals surface area contributed by atoms with E-state index in [2.05, 4.69) is 37.9 Å². The summed E-state index contributed by atoms with van der Waals surface area (Å²) in [4.78, 5) is 0. The molecule has 74 heavy (non-hydrogen) atoms. The van der Waals surface area contributed by atoms with Crippen molar-refractivity contribution in [2.45, 2.75) is 54.9 Å². The van der Waals surface area contributed by atoms with Gasteiger partial charge in [0.15, 0.2) is 52.8 Å². The summed E-state index contributed by atoms with van der Waals surface area (Å²) in [5, 5.41) is 59.7. The zero-order valence-corrected chi connectivity index (χ0v) is 45.3. The average Bonchev–Trinajstić information content (AvgIpc) is 3.42. The molecule has 0 saturated carbocycles. The maximum absolute atomic E-state index is 13.0. The molecule has 3 aliphatic rings. The number of benzene rings is 6. The molecular weight excluding hydrogens is 1040 g/mol. The van der Waals surface area contributed by atoms with Crippen LogP contribution in [0.4, 0.5) is 0 Å². The minimum Gasteiger partial charge on any atom is -0.507 e. The van der Waals surface area contributed by atoms with Gasteiger partial charge in [0.05, 0.1) is 78.1 Å². The van der Waals surface area contributed by atoms with Gasteiger partial charge in [0.25, 0.3) is 0 Å². The van der Waals surface area contributed by atoms with Crippen LogP contribution in [-0.2, 0) is 15.9 Å². The molecule has 0 aromatic heterocycles. The summed E-state index contributed by atoms with van der Waals surface area (Å²) in [5.74, 6) is -1.71. The van der Waals surface area contributed by atoms with Crippen LogP contribution < -0.4 is 56.7 Å². The maximum Gasteiger partial charge on any atom is 0.165 e. The molecule has 3 aliphatic heterocycles. The van der Waals surface area contributed by atoms with Crippen molar-refractivity contribution in [1.29, 1.82) is 0 Å². The third-order valence-electron chi connectivity index (χ3n) is 13.8. The number of hydrogen-bond donors (Lipinski definition) is 5. The number of phenolic OH excluding ortho intramolecular Hbond substituents is 4. The molecule has 12 unspecified atom stereocenters. The highest BCUT2D eigenvalue weighted by Crippen LogP contribution is 2.63. The van der Waals surface area contributed by atoms with E-state index in [1.807, 2.05) is 6.07 Å². The van der Waals surface area contributed by atoms with Crippen molar-refractivity contribution < 1.29 is 86.3 Å². The Kier molecular flexibility index (Phi) is 15.5. The van der Waals surface area contributed by atoms with E-state index in [0.717, 1.165) is 6.07 Å². The molecule has 0 amide bonds. The fourth-order valence-corrected chi connectivity index (χ4v) is 11.2. The van der Waals surface area contributed by atoms with E-state index in [1.54, 1.807) is 43.5 Å². The Hall–Kier alpha value is -6.02. The number of aliphatic hydroxyl groups is 1. The molecule has 0 bridgehead atoms. The van der Waals surface area contributed by atoms with E-state index in [-0.39, 0.29) is 68.8 Å². The normalized spacial score (nSPS) is 21.6. The summed E-state index contributed by atoms with van der Waals surface area (Å²) in [5.41, 5.74) is 2.51. The van der Waals surface area contributed by atoms with E-state index in [9.17, 15) is 25.5 Å². The van der Waals surface area contributed by atoms with Crippen molar-refractivity contribution in [1.82, 2.24) is 0 Å². The van der Waals surface area contributed by atoms with Crippen LogP contribution >= 0.6 is 37.9 Å². The number of hydrogen-bond acceptors (Lipinski definition) is 18. The Morgan fingerprint density at radius 2 is 1.00 bits per heavy atom. The second-order valence-corrected chi connectivity index (χ2v) is 18.3. The predicted octanol–water partition coefficient (Wildman–Crippen LogP) is 7.61. The molecule has 6 aromatic carbocycles. The number of aliphatic hydroxyl groups excluding tert-OH is 1. The first-order valence-electron chi connectivity index (χ1n) is 22.7. The van der Waals surface area contributed by atoms with Gasteiger partial charge in [-0.05, 0) is 58.6 Å². The van der Waals surface area contributed by atoms with Gasteiger partial charge < -0.3 is 86.3 Å². The molecule has 0 fully saturated rings. The van der Waals surface area contributed by atoms with Gasteiger partial charge in [-0.15, -0.1) is 0 Å². The van der Waals surface area contributed by atoms with Gasteiger partial charge >= 0.3 is 0 Å². The van der Waals surface area contributed by atoms with Crippen LogP contribution in [0.3, 0.4) is 0 Å². The number of fused-ring (bicyclic) bond motifs is 3. The van der Waals surface area contributed by atoms with Gasteiger partial charge in [-0.3, -0.25) is 0 Å². The standard InChI is InChI=1S/C51H53BO18P4/c1-58-28-11-8-21(14-31(28)60-3)45-36(62-5)16-23-30(59-2)18-33(61-4)39(48(23)64-45)42-38-27(56)17-26(55)37(49(38)66-47(51(42)63-6)20-7-10-24(53)25(54)13-20)41-40-34(69-73)19-35(70-74)43(52)50(40)65-46(44(41)57)22-9-12-29(67-71)32(15-22)68-72/h7-15,17-19,36,41-42,44-47,51,53-57H,16,71-74H2,1-6H3. The predicted molar refractivity (Wildman–Crippen MR) is 283 cm³/mol. The first kappa shape index (κ1) is 52.8. The van der Waals surface area contributed by atoms with E-state index in [1.165, 1.54) is 59.8 Å². The van der Waals surface area contributed by atoms with Crippen LogP contribution in [0.1, 0.15) is 74.7 Å². The molecule has 9 rings (SSSR count). The Balaban J connectivity index is 1.36. The number of ether oxygens (including phenoxy) is 9. The lowest BCUT2D eigenvalue weighted by molar-refractivity contribution is -0.0304. The Morgan fingerprint density at radius 3 is 1.61 bits per heavy atom. The summed E-state index contributed by atoms with van der Waals surface area (Å²) in [6, 6.07) is 18.8. The molecule has 6 aromatic rings. The molecule has 12 atom stereocenters. The van der Waals surface area contributed by atoms with Crippen LogP contribution in [-0.4, -0.2) is 94.3 Å². The van der Waals surface area contributed by atoms with Gasteiger partial charge in [-0.2, -0.15) is 0 Å². The molecule has 18 nitrogen and oxygen atoms in total. The van der Waals surface area contributed by atoms with E-state index >= 15 is 0 Å². The maximum atomic E-state index is 13.0. The number of methoxy groups -OCH3 is 6. The monoisotopic (exact) mass is 1090 g/mol. The number of rotatable bonds is 15. The van der Waals surface area contributed by atoms with Crippen LogP contribution in [0.25, 0.3) is 0 Å². The quantitative estimate of drug-likeness (QED) is 0.0379. The van der Waals surface area contributed by atoms with Gasteiger partial charge in [0, 0.05) is 66.7 Å². The second-order valence-electron chi connectivity index (χ2n) is 17.4.